The molecule has 0 aliphatic heterocycles. The molecule has 2 heterocycles. The molecule has 2 N–H and O–H groups in total. The molecule has 0 bridgehead atoms. The van der Waals surface area contributed by atoms with E-state index in [9.17, 15) is 9.59 Å². The molecular formula is C17H20N4O2. The largest absolute Gasteiger partial charge is 0.311 e. The maximum absolute atomic E-state index is 11.8. The normalized spacial score (nSPS) is 10.2. The van der Waals surface area contributed by atoms with E-state index in [1.807, 2.05) is 26.0 Å². The number of pyridine rings is 2. The van der Waals surface area contributed by atoms with Crippen molar-refractivity contribution in [1.29, 1.82) is 0 Å². The molecule has 0 aromatic carbocycles. The average Bonchev–Trinajstić information content (AvgIpc) is 2.47. The molecule has 120 valence electrons. The van der Waals surface area contributed by atoms with E-state index in [-0.39, 0.29) is 24.7 Å². The van der Waals surface area contributed by atoms with Gasteiger partial charge in [0.05, 0.1) is 0 Å². The molecule has 2 aromatic rings. The molecule has 2 amide bonds. The zero-order chi connectivity index (χ0) is 16.7. The lowest BCUT2D eigenvalue weighted by Gasteiger charge is -2.06. The lowest BCUT2D eigenvalue weighted by atomic mass is 10.2. The summed E-state index contributed by atoms with van der Waals surface area (Å²) < 4.78 is 0. The first-order chi connectivity index (χ1) is 11.0. The highest BCUT2D eigenvalue weighted by atomic mass is 16.2. The standard InChI is InChI=1S/C17H20N4O2/c1-12-6-8-18-14(10-12)20-16(22)4-3-5-17(23)21-15-11-13(2)7-9-19-15/h6-11H,3-5H2,1-2H3,(H,18,20,22)(H,19,21,23). The maximum atomic E-state index is 11.8. The highest BCUT2D eigenvalue weighted by Gasteiger charge is 2.07. The first-order valence-electron chi connectivity index (χ1n) is 7.48. The van der Waals surface area contributed by atoms with E-state index in [4.69, 9.17) is 0 Å². The van der Waals surface area contributed by atoms with Crippen molar-refractivity contribution in [3.05, 3.63) is 47.8 Å². The first-order valence-corrected chi connectivity index (χ1v) is 7.48. The Kier molecular flexibility index (Phi) is 5.80. The van der Waals surface area contributed by atoms with Crippen LogP contribution in [0.4, 0.5) is 11.6 Å². The minimum Gasteiger partial charge on any atom is -0.311 e. The minimum atomic E-state index is -0.149. The van der Waals surface area contributed by atoms with Crippen LogP contribution in [0.25, 0.3) is 0 Å². The number of rotatable bonds is 6. The summed E-state index contributed by atoms with van der Waals surface area (Å²) in [5.74, 6) is 0.765. The second kappa shape index (κ2) is 8.03. The molecule has 2 rings (SSSR count). The van der Waals surface area contributed by atoms with Crippen LogP contribution in [0, 0.1) is 13.8 Å². The zero-order valence-corrected chi connectivity index (χ0v) is 13.3. The van der Waals surface area contributed by atoms with Crippen molar-refractivity contribution in [2.45, 2.75) is 33.1 Å². The molecule has 23 heavy (non-hydrogen) atoms. The molecule has 0 fully saturated rings. The van der Waals surface area contributed by atoms with Gasteiger partial charge < -0.3 is 10.6 Å². The summed E-state index contributed by atoms with van der Waals surface area (Å²) in [5.41, 5.74) is 2.06. The Morgan fingerprint density at radius 2 is 1.30 bits per heavy atom. The van der Waals surface area contributed by atoms with Gasteiger partial charge in [-0.15, -0.1) is 0 Å². The fourth-order valence-corrected chi connectivity index (χ4v) is 2.03. The molecule has 0 saturated carbocycles. The van der Waals surface area contributed by atoms with Gasteiger partial charge in [-0.2, -0.15) is 0 Å². The second-order valence-electron chi connectivity index (χ2n) is 5.39. The van der Waals surface area contributed by atoms with Crippen LogP contribution in [0.3, 0.4) is 0 Å². The van der Waals surface area contributed by atoms with Crippen molar-refractivity contribution in [2.75, 3.05) is 10.6 Å². The average molecular weight is 312 g/mol. The molecule has 0 aliphatic rings. The number of carbonyl (C=O) groups excluding carboxylic acids is 2. The van der Waals surface area contributed by atoms with Gasteiger partial charge in [-0.1, -0.05) is 0 Å². The number of nitrogens with one attached hydrogen (secondary N) is 2. The highest BCUT2D eigenvalue weighted by Crippen LogP contribution is 2.09. The van der Waals surface area contributed by atoms with Crippen molar-refractivity contribution >= 4 is 23.5 Å². The van der Waals surface area contributed by atoms with Crippen LogP contribution in [0.1, 0.15) is 30.4 Å². The lowest BCUT2D eigenvalue weighted by molar-refractivity contribution is -0.117. The van der Waals surface area contributed by atoms with Gasteiger partial charge in [-0.25, -0.2) is 9.97 Å². The number of carbonyl (C=O) groups is 2. The number of hydrogen-bond acceptors (Lipinski definition) is 4. The van der Waals surface area contributed by atoms with E-state index in [0.717, 1.165) is 11.1 Å². The van der Waals surface area contributed by atoms with E-state index >= 15 is 0 Å². The molecule has 6 heteroatoms. The summed E-state index contributed by atoms with van der Waals surface area (Å²) in [4.78, 5) is 31.8. The van der Waals surface area contributed by atoms with E-state index in [2.05, 4.69) is 20.6 Å². The molecule has 0 radical (unpaired) electrons. The first kappa shape index (κ1) is 16.6. The molecule has 0 unspecified atom stereocenters. The highest BCUT2D eigenvalue weighted by molar-refractivity contribution is 5.92. The van der Waals surface area contributed by atoms with Gasteiger partial charge in [0, 0.05) is 25.2 Å². The van der Waals surface area contributed by atoms with Gasteiger partial charge in [0.15, 0.2) is 0 Å². The van der Waals surface area contributed by atoms with Crippen molar-refractivity contribution in [1.82, 2.24) is 9.97 Å². The maximum Gasteiger partial charge on any atom is 0.225 e. The predicted octanol–water partition coefficient (Wildman–Crippen LogP) is 2.84. The second-order valence-corrected chi connectivity index (χ2v) is 5.39. The zero-order valence-electron chi connectivity index (χ0n) is 13.3. The summed E-state index contributed by atoms with van der Waals surface area (Å²) in [7, 11) is 0. The van der Waals surface area contributed by atoms with Crippen LogP contribution in [-0.2, 0) is 9.59 Å². The molecular weight excluding hydrogens is 292 g/mol. The summed E-state index contributed by atoms with van der Waals surface area (Å²) in [6, 6.07) is 7.32. The van der Waals surface area contributed by atoms with Gasteiger partial charge in [0.1, 0.15) is 11.6 Å². The number of nitrogens with zero attached hydrogens (tertiary/aromatic N) is 2. The predicted molar refractivity (Wildman–Crippen MR) is 89.1 cm³/mol. The monoisotopic (exact) mass is 312 g/mol. The number of aromatic nitrogens is 2. The lowest BCUT2D eigenvalue weighted by Crippen LogP contribution is -2.15. The topological polar surface area (TPSA) is 84.0 Å². The van der Waals surface area contributed by atoms with Crippen LogP contribution < -0.4 is 10.6 Å². The number of hydrogen-bond donors (Lipinski definition) is 2. The van der Waals surface area contributed by atoms with Crippen LogP contribution >= 0.6 is 0 Å². The Morgan fingerprint density at radius 3 is 1.70 bits per heavy atom. The Balaban J connectivity index is 1.71. The molecule has 0 saturated heterocycles. The van der Waals surface area contributed by atoms with Gasteiger partial charge in [0.2, 0.25) is 11.8 Å². The fraction of sp³-hybridized carbons (Fsp3) is 0.294. The van der Waals surface area contributed by atoms with Crippen LogP contribution in [-0.4, -0.2) is 21.8 Å². The number of aryl methyl sites for hydroxylation is 2. The van der Waals surface area contributed by atoms with E-state index in [1.165, 1.54) is 0 Å². The summed E-state index contributed by atoms with van der Waals surface area (Å²) in [6.45, 7) is 3.86. The summed E-state index contributed by atoms with van der Waals surface area (Å²) in [5, 5.41) is 5.44. The summed E-state index contributed by atoms with van der Waals surface area (Å²) in [6.07, 6.45) is 4.30. The van der Waals surface area contributed by atoms with E-state index in [1.54, 1.807) is 24.5 Å². The minimum absolute atomic E-state index is 0.149. The third-order valence-electron chi connectivity index (χ3n) is 3.17. The quantitative estimate of drug-likeness (QED) is 0.859. The molecule has 6 nitrogen and oxygen atoms in total. The van der Waals surface area contributed by atoms with Gasteiger partial charge in [-0.05, 0) is 55.7 Å². The number of anilines is 2. The molecule has 0 spiro atoms. The van der Waals surface area contributed by atoms with Crippen LogP contribution in [0.5, 0.6) is 0 Å². The third kappa shape index (κ3) is 5.86. The van der Waals surface area contributed by atoms with Crippen molar-refractivity contribution in [2.24, 2.45) is 0 Å². The van der Waals surface area contributed by atoms with Gasteiger partial charge >= 0.3 is 0 Å². The smallest absolute Gasteiger partial charge is 0.225 e. The molecule has 2 aromatic heterocycles. The SMILES string of the molecule is Cc1ccnc(NC(=O)CCCC(=O)Nc2cc(C)ccn2)c1. The van der Waals surface area contributed by atoms with Gasteiger partial charge in [-0.3, -0.25) is 9.59 Å². The Morgan fingerprint density at radius 1 is 0.870 bits per heavy atom. The van der Waals surface area contributed by atoms with Gasteiger partial charge in [0.25, 0.3) is 0 Å². The van der Waals surface area contributed by atoms with Crippen molar-refractivity contribution in [3.8, 4) is 0 Å². The van der Waals surface area contributed by atoms with Crippen molar-refractivity contribution in [3.63, 3.8) is 0 Å². The fourth-order valence-electron chi connectivity index (χ4n) is 2.03. The Labute approximate surface area is 135 Å². The number of amides is 2. The molecule has 0 atom stereocenters. The van der Waals surface area contributed by atoms with E-state index < -0.39 is 0 Å². The molecule has 0 aliphatic carbocycles. The van der Waals surface area contributed by atoms with E-state index in [0.29, 0.717) is 18.1 Å². The van der Waals surface area contributed by atoms with Crippen LogP contribution in [0.2, 0.25) is 0 Å². The Hall–Kier alpha value is -2.76. The Bertz CT molecular complexity index is 641. The third-order valence-corrected chi connectivity index (χ3v) is 3.17. The van der Waals surface area contributed by atoms with Crippen LogP contribution in [0.15, 0.2) is 36.7 Å². The summed E-state index contributed by atoms with van der Waals surface area (Å²) >= 11 is 0. The van der Waals surface area contributed by atoms with Crippen molar-refractivity contribution < 1.29 is 9.59 Å².